The van der Waals surface area contributed by atoms with Gasteiger partial charge in [0.25, 0.3) is 0 Å². The van der Waals surface area contributed by atoms with E-state index in [4.69, 9.17) is 27.9 Å². The van der Waals surface area contributed by atoms with E-state index in [-0.39, 0.29) is 21.4 Å². The summed E-state index contributed by atoms with van der Waals surface area (Å²) in [6, 6.07) is 6.19. The van der Waals surface area contributed by atoms with Crippen LogP contribution in [0, 0.1) is 11.6 Å². The Labute approximate surface area is 117 Å². The van der Waals surface area contributed by atoms with Crippen molar-refractivity contribution in [3.63, 3.8) is 0 Å². The molecule has 0 aromatic heterocycles. The van der Waals surface area contributed by atoms with Crippen molar-refractivity contribution in [1.82, 2.24) is 0 Å². The van der Waals surface area contributed by atoms with Gasteiger partial charge in [0.05, 0.1) is 5.02 Å². The molecule has 0 aliphatic rings. The van der Waals surface area contributed by atoms with Crippen LogP contribution in [0.5, 0.6) is 11.5 Å². The minimum absolute atomic E-state index is 0.0193. The average Bonchev–Trinajstić information content (AvgIpc) is 2.38. The first-order valence-electron chi connectivity index (χ1n) is 5.09. The topological polar surface area (TPSA) is 26.3 Å². The maximum Gasteiger partial charge on any atom is 0.198 e. The van der Waals surface area contributed by atoms with Gasteiger partial charge < -0.3 is 4.74 Å². The molecule has 98 valence electrons. The maximum absolute atomic E-state index is 13.6. The van der Waals surface area contributed by atoms with Gasteiger partial charge in [0.1, 0.15) is 17.1 Å². The van der Waals surface area contributed by atoms with Crippen LogP contribution in [0.15, 0.2) is 30.3 Å². The van der Waals surface area contributed by atoms with Crippen molar-refractivity contribution in [3.05, 3.63) is 57.6 Å². The van der Waals surface area contributed by atoms with E-state index in [2.05, 4.69) is 0 Å². The molecule has 0 aliphatic heterocycles. The van der Waals surface area contributed by atoms with Gasteiger partial charge >= 0.3 is 0 Å². The fourth-order valence-electron chi connectivity index (χ4n) is 1.42. The van der Waals surface area contributed by atoms with Crippen LogP contribution in [0.4, 0.5) is 8.78 Å². The Morgan fingerprint density at radius 2 is 1.74 bits per heavy atom. The Morgan fingerprint density at radius 3 is 2.32 bits per heavy atom. The molecule has 0 spiro atoms. The molecule has 0 bridgehead atoms. The van der Waals surface area contributed by atoms with E-state index < -0.39 is 17.4 Å². The second-order valence-corrected chi connectivity index (χ2v) is 4.37. The van der Waals surface area contributed by atoms with Crippen molar-refractivity contribution < 1.29 is 18.3 Å². The van der Waals surface area contributed by atoms with E-state index in [1.807, 2.05) is 0 Å². The van der Waals surface area contributed by atoms with E-state index in [1.54, 1.807) is 0 Å². The molecule has 0 atom stereocenters. The predicted molar refractivity (Wildman–Crippen MR) is 68.3 cm³/mol. The van der Waals surface area contributed by atoms with Crippen molar-refractivity contribution in [1.29, 1.82) is 0 Å². The van der Waals surface area contributed by atoms with Crippen molar-refractivity contribution >= 4 is 29.5 Å². The van der Waals surface area contributed by atoms with Gasteiger partial charge in [-0.1, -0.05) is 29.3 Å². The summed E-state index contributed by atoms with van der Waals surface area (Å²) >= 11 is 11.6. The molecule has 2 rings (SSSR count). The summed E-state index contributed by atoms with van der Waals surface area (Å²) in [6.45, 7) is 0. The fraction of sp³-hybridized carbons (Fsp3) is 0. The minimum Gasteiger partial charge on any atom is -0.450 e. The zero-order chi connectivity index (χ0) is 14.0. The number of carbonyl (C=O) groups excluding carboxylic acids is 1. The molecule has 0 radical (unpaired) electrons. The van der Waals surface area contributed by atoms with Crippen molar-refractivity contribution in [2.75, 3.05) is 0 Å². The molecular weight excluding hydrogens is 297 g/mol. The van der Waals surface area contributed by atoms with E-state index in [0.29, 0.717) is 6.29 Å². The highest BCUT2D eigenvalue weighted by Crippen LogP contribution is 2.36. The third kappa shape index (κ3) is 2.85. The number of carbonyl (C=O) groups is 1. The van der Waals surface area contributed by atoms with Crippen LogP contribution in [0.3, 0.4) is 0 Å². The molecule has 0 saturated heterocycles. The summed E-state index contributed by atoms with van der Waals surface area (Å²) in [7, 11) is 0. The number of hydrogen-bond donors (Lipinski definition) is 0. The van der Waals surface area contributed by atoms with Gasteiger partial charge in [-0.3, -0.25) is 4.79 Å². The van der Waals surface area contributed by atoms with Gasteiger partial charge in [-0.15, -0.1) is 0 Å². The summed E-state index contributed by atoms with van der Waals surface area (Å²) in [5.74, 6) is -2.63. The van der Waals surface area contributed by atoms with Gasteiger partial charge in [-0.25, -0.2) is 8.78 Å². The van der Waals surface area contributed by atoms with E-state index >= 15 is 0 Å². The largest absolute Gasteiger partial charge is 0.450 e. The molecule has 0 N–H and O–H groups in total. The standard InChI is InChI=1S/C13H6Cl2F2O2/c14-8-2-1-3-11(12(8)15)19-13-9(16)4-7(6-18)5-10(13)17/h1-6H. The van der Waals surface area contributed by atoms with Crippen LogP contribution in [-0.4, -0.2) is 6.29 Å². The second kappa shape index (κ2) is 5.55. The first-order chi connectivity index (χ1) is 9.02. The molecule has 2 nitrogen and oxygen atoms in total. The lowest BCUT2D eigenvalue weighted by molar-refractivity contribution is 0.112. The quantitative estimate of drug-likeness (QED) is 0.756. The summed E-state index contributed by atoms with van der Waals surface area (Å²) < 4.78 is 32.3. The number of halogens is 4. The highest BCUT2D eigenvalue weighted by molar-refractivity contribution is 6.42. The highest BCUT2D eigenvalue weighted by Gasteiger charge is 2.15. The van der Waals surface area contributed by atoms with E-state index in [1.165, 1.54) is 18.2 Å². The van der Waals surface area contributed by atoms with Gasteiger partial charge in [0.2, 0.25) is 0 Å². The van der Waals surface area contributed by atoms with Crippen LogP contribution in [0.25, 0.3) is 0 Å². The summed E-state index contributed by atoms with van der Waals surface area (Å²) in [5, 5.41) is 0.243. The number of benzene rings is 2. The lowest BCUT2D eigenvalue weighted by Crippen LogP contribution is -1.95. The Hall–Kier alpha value is -1.65. The van der Waals surface area contributed by atoms with Crippen molar-refractivity contribution in [3.8, 4) is 11.5 Å². The highest BCUT2D eigenvalue weighted by atomic mass is 35.5. The van der Waals surface area contributed by atoms with Crippen molar-refractivity contribution in [2.45, 2.75) is 0 Å². The summed E-state index contributed by atoms with van der Waals surface area (Å²) in [6.07, 6.45) is 0.336. The molecule has 19 heavy (non-hydrogen) atoms. The molecule has 0 amide bonds. The average molecular weight is 303 g/mol. The monoisotopic (exact) mass is 302 g/mol. The maximum atomic E-state index is 13.6. The van der Waals surface area contributed by atoms with Crippen molar-refractivity contribution in [2.24, 2.45) is 0 Å². The van der Waals surface area contributed by atoms with Crippen LogP contribution in [-0.2, 0) is 0 Å². The number of ether oxygens (including phenoxy) is 1. The smallest absolute Gasteiger partial charge is 0.198 e. The lowest BCUT2D eigenvalue weighted by Gasteiger charge is -2.10. The SMILES string of the molecule is O=Cc1cc(F)c(Oc2cccc(Cl)c2Cl)c(F)c1. The van der Waals surface area contributed by atoms with Gasteiger partial charge in [-0.05, 0) is 24.3 Å². The molecule has 2 aromatic carbocycles. The van der Waals surface area contributed by atoms with E-state index in [0.717, 1.165) is 12.1 Å². The zero-order valence-corrected chi connectivity index (χ0v) is 10.8. The lowest BCUT2D eigenvalue weighted by atomic mass is 10.2. The molecule has 2 aromatic rings. The normalized spacial score (nSPS) is 10.3. The molecule has 6 heteroatoms. The van der Waals surface area contributed by atoms with Gasteiger partial charge in [0, 0.05) is 5.56 Å². The number of aldehydes is 1. The van der Waals surface area contributed by atoms with Crippen LogP contribution in [0.2, 0.25) is 10.0 Å². The van der Waals surface area contributed by atoms with Crippen LogP contribution < -0.4 is 4.74 Å². The molecule has 0 saturated carbocycles. The fourth-order valence-corrected chi connectivity index (χ4v) is 1.75. The molecule has 0 unspecified atom stereocenters. The Kier molecular flexibility index (Phi) is 4.02. The summed E-state index contributed by atoms with van der Waals surface area (Å²) in [5.41, 5.74) is -0.125. The molecule has 0 heterocycles. The molecule has 0 fully saturated rings. The minimum atomic E-state index is -1.00. The van der Waals surface area contributed by atoms with Gasteiger partial charge in [-0.2, -0.15) is 0 Å². The number of rotatable bonds is 3. The third-order valence-corrected chi connectivity index (χ3v) is 3.09. The second-order valence-electron chi connectivity index (χ2n) is 3.59. The third-order valence-electron chi connectivity index (χ3n) is 2.28. The van der Waals surface area contributed by atoms with Crippen LogP contribution >= 0.6 is 23.2 Å². The molecular formula is C13H6Cl2F2O2. The van der Waals surface area contributed by atoms with E-state index in [9.17, 15) is 13.6 Å². The first kappa shape index (κ1) is 13.8. The Bertz CT molecular complexity index is 622. The van der Waals surface area contributed by atoms with Gasteiger partial charge in [0.15, 0.2) is 17.4 Å². The number of hydrogen-bond acceptors (Lipinski definition) is 2. The predicted octanol–water partition coefficient (Wildman–Crippen LogP) is 4.88. The zero-order valence-electron chi connectivity index (χ0n) is 9.29. The first-order valence-corrected chi connectivity index (χ1v) is 5.84. The molecule has 0 aliphatic carbocycles. The summed E-state index contributed by atoms with van der Waals surface area (Å²) in [4.78, 5) is 10.5. The Balaban J connectivity index is 2.44. The van der Waals surface area contributed by atoms with Crippen LogP contribution in [0.1, 0.15) is 10.4 Å². The Morgan fingerprint density at radius 1 is 1.11 bits per heavy atom.